The molecule has 9 heteroatoms. The second-order valence-electron chi connectivity index (χ2n) is 8.34. The molecule has 4 aromatic rings. The minimum atomic E-state index is -0.694. The molecule has 0 N–H and O–H groups in total. The van der Waals surface area contributed by atoms with Crippen molar-refractivity contribution in [2.75, 3.05) is 7.11 Å². The van der Waals surface area contributed by atoms with Crippen LogP contribution in [0, 0.1) is 13.8 Å². The van der Waals surface area contributed by atoms with E-state index in [1.165, 1.54) is 11.8 Å². The molecule has 2 heterocycles. The zero-order valence-corrected chi connectivity index (χ0v) is 22.4. The molecule has 0 aliphatic carbocycles. The van der Waals surface area contributed by atoms with Gasteiger partial charge in [0.15, 0.2) is 6.10 Å². The highest BCUT2D eigenvalue weighted by molar-refractivity contribution is 9.10. The molecule has 0 saturated carbocycles. The van der Waals surface area contributed by atoms with E-state index in [2.05, 4.69) is 30.6 Å². The predicted molar refractivity (Wildman–Crippen MR) is 143 cm³/mol. The lowest BCUT2D eigenvalue weighted by molar-refractivity contribution is -0.147. The molecule has 2 aromatic heterocycles. The van der Waals surface area contributed by atoms with Gasteiger partial charge in [-0.3, -0.25) is 4.79 Å². The van der Waals surface area contributed by atoms with Crippen molar-refractivity contribution in [1.29, 1.82) is 0 Å². The second kappa shape index (κ2) is 10.5. The monoisotopic (exact) mass is 550 g/mol. The molecule has 36 heavy (non-hydrogen) atoms. The maximum Gasteiger partial charge on any atom is 0.346 e. The van der Waals surface area contributed by atoms with E-state index in [1.807, 2.05) is 63.2 Å². The van der Waals surface area contributed by atoms with E-state index in [4.69, 9.17) is 9.47 Å². The van der Waals surface area contributed by atoms with E-state index < -0.39 is 12.1 Å². The topological polar surface area (TPSA) is 87.7 Å². The highest BCUT2D eigenvalue weighted by atomic mass is 79.9. The number of carbonyl (C=O) groups is 1. The lowest BCUT2D eigenvalue weighted by Gasteiger charge is -2.14. The van der Waals surface area contributed by atoms with Crippen LogP contribution in [0.2, 0.25) is 0 Å². The fourth-order valence-corrected chi connectivity index (χ4v) is 4.43. The van der Waals surface area contributed by atoms with E-state index in [0.29, 0.717) is 28.9 Å². The Morgan fingerprint density at radius 1 is 1.17 bits per heavy atom. The molecular formula is C27H27BrN4O4. The molecular weight excluding hydrogens is 524 g/mol. The van der Waals surface area contributed by atoms with Crippen LogP contribution in [0.25, 0.3) is 16.6 Å². The number of aromatic nitrogens is 3. The number of carbonyl (C=O) groups excluding carboxylic acids is 1. The van der Waals surface area contributed by atoms with Crippen LogP contribution in [0.3, 0.4) is 0 Å². The number of ether oxygens (including phenoxy) is 2. The lowest BCUT2D eigenvalue weighted by atomic mass is 10.2. The molecule has 0 bridgehead atoms. The Morgan fingerprint density at radius 2 is 1.89 bits per heavy atom. The second-order valence-corrected chi connectivity index (χ2v) is 9.26. The smallest absolute Gasteiger partial charge is 0.346 e. The Kier molecular flexibility index (Phi) is 7.40. The quantitative estimate of drug-likeness (QED) is 0.240. The van der Waals surface area contributed by atoms with Gasteiger partial charge in [-0.15, -0.1) is 0 Å². The Hall–Kier alpha value is -3.72. The van der Waals surface area contributed by atoms with Gasteiger partial charge in [-0.25, -0.2) is 9.78 Å². The summed E-state index contributed by atoms with van der Waals surface area (Å²) in [6.45, 7) is 7.60. The molecule has 0 unspecified atom stereocenters. The van der Waals surface area contributed by atoms with Crippen molar-refractivity contribution in [2.24, 2.45) is 5.10 Å². The number of aryl methyl sites for hydroxylation is 2. The summed E-state index contributed by atoms with van der Waals surface area (Å²) < 4.78 is 14.6. The highest BCUT2D eigenvalue weighted by Crippen LogP contribution is 2.23. The molecule has 0 fully saturated rings. The lowest BCUT2D eigenvalue weighted by Crippen LogP contribution is -2.24. The average Bonchev–Trinajstić information content (AvgIpc) is 3.16. The minimum absolute atomic E-state index is 0.208. The SMILES string of the molecule is CCc1nc2ccc(Br)cc2c(=O)n1N=Cc1cc(C)n(-c2ccc(O[C@H](C)C(=O)OC)cc2)c1C. The van der Waals surface area contributed by atoms with Gasteiger partial charge < -0.3 is 14.0 Å². The van der Waals surface area contributed by atoms with Crippen molar-refractivity contribution >= 4 is 39.0 Å². The summed E-state index contributed by atoms with van der Waals surface area (Å²) in [4.78, 5) is 29.4. The number of nitrogens with zero attached hydrogens (tertiary/aromatic N) is 4. The molecule has 8 nitrogen and oxygen atoms in total. The molecule has 1 atom stereocenters. The number of rotatable bonds is 7. The number of benzene rings is 2. The van der Waals surface area contributed by atoms with E-state index in [9.17, 15) is 9.59 Å². The molecule has 0 amide bonds. The highest BCUT2D eigenvalue weighted by Gasteiger charge is 2.16. The standard InChI is InChI=1S/C27H27BrN4O4/c1-6-25-30-24-12-7-20(28)14-23(24)26(33)32(25)29-15-19-13-16(2)31(17(19)3)21-8-10-22(11-9-21)36-18(4)27(34)35-5/h7-15,18H,6H2,1-5H3/t18-/m1/s1. The van der Waals surface area contributed by atoms with Gasteiger partial charge in [-0.05, 0) is 69.3 Å². The van der Waals surface area contributed by atoms with E-state index in [1.54, 1.807) is 19.2 Å². The summed E-state index contributed by atoms with van der Waals surface area (Å²) in [5, 5.41) is 5.04. The van der Waals surface area contributed by atoms with Crippen LogP contribution in [-0.2, 0) is 16.0 Å². The fraction of sp³-hybridized carbons (Fsp3) is 0.259. The summed E-state index contributed by atoms with van der Waals surface area (Å²) in [6, 6.07) is 14.9. The number of halogens is 1. The Morgan fingerprint density at radius 3 is 2.56 bits per heavy atom. The molecule has 0 aliphatic rings. The van der Waals surface area contributed by atoms with Crippen molar-refractivity contribution in [3.8, 4) is 11.4 Å². The van der Waals surface area contributed by atoms with Gasteiger partial charge in [0.05, 0.1) is 24.2 Å². The predicted octanol–water partition coefficient (Wildman–Crippen LogP) is 4.95. The van der Waals surface area contributed by atoms with Crippen molar-refractivity contribution < 1.29 is 14.3 Å². The summed E-state index contributed by atoms with van der Waals surface area (Å²) in [7, 11) is 1.33. The third-order valence-corrected chi connectivity index (χ3v) is 6.41. The van der Waals surface area contributed by atoms with Crippen LogP contribution in [0.15, 0.2) is 62.9 Å². The van der Waals surface area contributed by atoms with Gasteiger partial charge in [0.25, 0.3) is 5.56 Å². The Labute approximate surface area is 217 Å². The largest absolute Gasteiger partial charge is 0.479 e. The van der Waals surface area contributed by atoms with Gasteiger partial charge in [-0.1, -0.05) is 22.9 Å². The number of hydrogen-bond acceptors (Lipinski definition) is 6. The third kappa shape index (κ3) is 4.97. The summed E-state index contributed by atoms with van der Waals surface area (Å²) in [5.74, 6) is 0.735. The number of esters is 1. The first kappa shape index (κ1) is 25.4. The van der Waals surface area contributed by atoms with Crippen LogP contribution in [-0.4, -0.2) is 39.6 Å². The van der Waals surface area contributed by atoms with Crippen LogP contribution in [0.5, 0.6) is 5.75 Å². The molecule has 0 spiro atoms. The van der Waals surface area contributed by atoms with Crippen molar-refractivity contribution in [2.45, 2.75) is 40.2 Å². The zero-order chi connectivity index (χ0) is 26.0. The summed E-state index contributed by atoms with van der Waals surface area (Å²) >= 11 is 3.42. The van der Waals surface area contributed by atoms with Gasteiger partial charge in [0, 0.05) is 33.5 Å². The molecule has 186 valence electrons. The van der Waals surface area contributed by atoms with Crippen LogP contribution in [0.1, 0.15) is 36.6 Å². The average molecular weight is 551 g/mol. The first-order valence-electron chi connectivity index (χ1n) is 11.5. The van der Waals surface area contributed by atoms with Gasteiger partial charge >= 0.3 is 5.97 Å². The zero-order valence-electron chi connectivity index (χ0n) is 20.8. The van der Waals surface area contributed by atoms with E-state index in [0.717, 1.165) is 27.1 Å². The van der Waals surface area contributed by atoms with Crippen molar-refractivity contribution in [3.63, 3.8) is 0 Å². The summed E-state index contributed by atoms with van der Waals surface area (Å²) in [6.07, 6.45) is 1.57. The fourth-order valence-electron chi connectivity index (χ4n) is 4.07. The van der Waals surface area contributed by atoms with Crippen LogP contribution >= 0.6 is 15.9 Å². The van der Waals surface area contributed by atoms with E-state index >= 15 is 0 Å². The van der Waals surface area contributed by atoms with Gasteiger partial charge in [0.1, 0.15) is 11.6 Å². The van der Waals surface area contributed by atoms with Crippen molar-refractivity contribution in [3.05, 3.63) is 86.1 Å². The molecule has 0 aliphatic heterocycles. The number of hydrogen-bond donors (Lipinski definition) is 0. The molecule has 4 rings (SSSR count). The maximum atomic E-state index is 13.2. The first-order valence-corrected chi connectivity index (χ1v) is 12.3. The van der Waals surface area contributed by atoms with Crippen LogP contribution < -0.4 is 10.3 Å². The molecule has 0 radical (unpaired) electrons. The van der Waals surface area contributed by atoms with Crippen molar-refractivity contribution in [1.82, 2.24) is 14.2 Å². The van der Waals surface area contributed by atoms with Gasteiger partial charge in [-0.2, -0.15) is 9.78 Å². The van der Waals surface area contributed by atoms with Gasteiger partial charge in [0.2, 0.25) is 0 Å². The Bertz CT molecular complexity index is 1520. The van der Waals surface area contributed by atoms with E-state index in [-0.39, 0.29) is 5.56 Å². The van der Waals surface area contributed by atoms with Crippen LogP contribution in [0.4, 0.5) is 0 Å². The summed E-state index contributed by atoms with van der Waals surface area (Å²) in [5.41, 5.74) is 4.24. The maximum absolute atomic E-state index is 13.2. The molecule has 2 aromatic carbocycles. The minimum Gasteiger partial charge on any atom is -0.479 e. The molecule has 0 saturated heterocycles. The third-order valence-electron chi connectivity index (χ3n) is 5.92. The number of methoxy groups -OCH3 is 1. The first-order chi connectivity index (χ1) is 17.2. The normalized spacial score (nSPS) is 12.3. The Balaban J connectivity index is 1.66. The number of fused-ring (bicyclic) bond motifs is 1.